The lowest BCUT2D eigenvalue weighted by Gasteiger charge is -2.22. The van der Waals surface area contributed by atoms with Gasteiger partial charge in [0.05, 0.1) is 17.4 Å². The topological polar surface area (TPSA) is 41.9 Å². The molecule has 1 saturated heterocycles. The van der Waals surface area contributed by atoms with Gasteiger partial charge in [-0.15, -0.1) is 0 Å². The zero-order valence-corrected chi connectivity index (χ0v) is 11.5. The quantitative estimate of drug-likeness (QED) is 0.876. The van der Waals surface area contributed by atoms with Crippen molar-refractivity contribution < 1.29 is 0 Å². The summed E-state index contributed by atoms with van der Waals surface area (Å²) >= 11 is 0. The van der Waals surface area contributed by atoms with E-state index < -0.39 is 0 Å². The number of aromatic nitrogens is 2. The van der Waals surface area contributed by atoms with Crippen LogP contribution in [0.2, 0.25) is 0 Å². The number of nitrogens with one attached hydrogen (secondary N) is 2. The van der Waals surface area contributed by atoms with Crippen molar-refractivity contribution in [3.8, 4) is 0 Å². The van der Waals surface area contributed by atoms with Crippen molar-refractivity contribution in [2.75, 3.05) is 19.6 Å². The Morgan fingerprint density at radius 1 is 1.37 bits per heavy atom. The molecule has 0 unspecified atom stereocenters. The molecule has 2 N–H and O–H groups in total. The maximum Gasteiger partial charge on any atom is 0.0955 e. The van der Waals surface area contributed by atoms with E-state index in [1.807, 2.05) is 13.4 Å². The lowest BCUT2D eigenvalue weighted by molar-refractivity contribution is 0.356. The van der Waals surface area contributed by atoms with Crippen LogP contribution in [0.3, 0.4) is 0 Å². The number of hydrogen-bond donors (Lipinski definition) is 2. The van der Waals surface area contributed by atoms with Crippen LogP contribution in [-0.4, -0.2) is 29.2 Å². The summed E-state index contributed by atoms with van der Waals surface area (Å²) < 4.78 is 2.06. The highest BCUT2D eigenvalue weighted by Crippen LogP contribution is 2.14. The smallest absolute Gasteiger partial charge is 0.0955 e. The molecule has 0 aliphatic carbocycles. The van der Waals surface area contributed by atoms with Crippen LogP contribution in [0.25, 0.3) is 11.0 Å². The lowest BCUT2D eigenvalue weighted by Crippen LogP contribution is -2.33. The molecular weight excluding hydrogens is 236 g/mol. The Hall–Kier alpha value is -1.39. The number of piperidine rings is 1. The van der Waals surface area contributed by atoms with Gasteiger partial charge in [0.1, 0.15) is 0 Å². The third kappa shape index (κ3) is 2.96. The molecule has 0 bridgehead atoms. The summed E-state index contributed by atoms with van der Waals surface area (Å²) in [6.07, 6.45) is 4.47. The van der Waals surface area contributed by atoms with Crippen molar-refractivity contribution in [2.24, 2.45) is 13.0 Å². The molecule has 0 atom stereocenters. The summed E-state index contributed by atoms with van der Waals surface area (Å²) in [5, 5.41) is 6.99. The van der Waals surface area contributed by atoms with Crippen molar-refractivity contribution in [3.63, 3.8) is 0 Å². The lowest BCUT2D eigenvalue weighted by atomic mass is 9.98. The number of hydrogen-bond acceptors (Lipinski definition) is 3. The largest absolute Gasteiger partial charge is 0.334 e. The molecule has 19 heavy (non-hydrogen) atoms. The van der Waals surface area contributed by atoms with E-state index in [2.05, 4.69) is 38.4 Å². The SMILES string of the molecule is Cn1cnc2cc(CNCC3CCNCC3)ccc21. The predicted octanol–water partition coefficient (Wildman–Crippen LogP) is 1.66. The van der Waals surface area contributed by atoms with Crippen LogP contribution in [0.15, 0.2) is 24.5 Å². The summed E-state index contributed by atoms with van der Waals surface area (Å²) in [6, 6.07) is 6.54. The molecule has 2 heterocycles. The maximum absolute atomic E-state index is 4.40. The molecule has 0 saturated carbocycles. The second-order valence-electron chi connectivity index (χ2n) is 5.50. The van der Waals surface area contributed by atoms with Gasteiger partial charge in [0.25, 0.3) is 0 Å². The Balaban J connectivity index is 1.56. The molecule has 4 nitrogen and oxygen atoms in total. The maximum atomic E-state index is 4.40. The molecule has 1 aliphatic heterocycles. The van der Waals surface area contributed by atoms with Crippen LogP contribution in [-0.2, 0) is 13.6 Å². The van der Waals surface area contributed by atoms with Gasteiger partial charge >= 0.3 is 0 Å². The molecule has 102 valence electrons. The minimum absolute atomic E-state index is 0.833. The van der Waals surface area contributed by atoms with Crippen molar-refractivity contribution in [1.29, 1.82) is 0 Å². The second kappa shape index (κ2) is 5.72. The summed E-state index contributed by atoms with van der Waals surface area (Å²) in [4.78, 5) is 4.40. The fourth-order valence-corrected chi connectivity index (χ4v) is 2.80. The Bertz CT molecular complexity index is 540. The standard InChI is InChI=1S/C15H22N4/c1-19-11-18-14-8-13(2-3-15(14)19)10-17-9-12-4-6-16-7-5-12/h2-3,8,11-12,16-17H,4-7,9-10H2,1H3. The summed E-state index contributed by atoms with van der Waals surface area (Å²) in [7, 11) is 2.03. The van der Waals surface area contributed by atoms with Gasteiger partial charge in [0.15, 0.2) is 0 Å². The fourth-order valence-electron chi connectivity index (χ4n) is 2.80. The highest BCUT2D eigenvalue weighted by atomic mass is 15.0. The van der Waals surface area contributed by atoms with Crippen LogP contribution >= 0.6 is 0 Å². The highest BCUT2D eigenvalue weighted by molar-refractivity contribution is 5.75. The number of nitrogens with zero attached hydrogens (tertiary/aromatic N) is 2. The predicted molar refractivity (Wildman–Crippen MR) is 78.0 cm³/mol. The monoisotopic (exact) mass is 258 g/mol. The highest BCUT2D eigenvalue weighted by Gasteiger charge is 2.12. The molecule has 2 aromatic rings. The molecule has 0 spiro atoms. The average Bonchev–Trinajstić information content (AvgIpc) is 2.81. The van der Waals surface area contributed by atoms with Crippen LogP contribution in [0.1, 0.15) is 18.4 Å². The molecule has 1 aromatic heterocycles. The number of aryl methyl sites for hydroxylation is 1. The molecule has 1 fully saturated rings. The molecule has 0 radical (unpaired) electrons. The molecule has 1 aliphatic rings. The van der Waals surface area contributed by atoms with Crippen molar-refractivity contribution in [3.05, 3.63) is 30.1 Å². The van der Waals surface area contributed by atoms with Gasteiger partial charge in [-0.05, 0) is 56.1 Å². The minimum Gasteiger partial charge on any atom is -0.334 e. The van der Waals surface area contributed by atoms with Crippen LogP contribution in [0.5, 0.6) is 0 Å². The molecule has 0 amide bonds. The van der Waals surface area contributed by atoms with Crippen LogP contribution < -0.4 is 10.6 Å². The van der Waals surface area contributed by atoms with E-state index >= 15 is 0 Å². The zero-order valence-electron chi connectivity index (χ0n) is 11.5. The first-order valence-corrected chi connectivity index (χ1v) is 7.14. The molecule has 3 rings (SSSR count). The van der Waals surface area contributed by atoms with E-state index in [1.54, 1.807) is 0 Å². The third-order valence-electron chi connectivity index (χ3n) is 4.01. The van der Waals surface area contributed by atoms with E-state index in [9.17, 15) is 0 Å². The number of fused-ring (bicyclic) bond motifs is 1. The van der Waals surface area contributed by atoms with Crippen LogP contribution in [0.4, 0.5) is 0 Å². The van der Waals surface area contributed by atoms with Gasteiger partial charge in [-0.25, -0.2) is 4.98 Å². The molecule has 4 heteroatoms. The molecular formula is C15H22N4. The van der Waals surface area contributed by atoms with Crippen LogP contribution in [0, 0.1) is 5.92 Å². The zero-order chi connectivity index (χ0) is 13.1. The Labute approximate surface area is 114 Å². The van der Waals surface area contributed by atoms with Gasteiger partial charge in [-0.1, -0.05) is 6.07 Å². The first-order chi connectivity index (χ1) is 9.33. The third-order valence-corrected chi connectivity index (χ3v) is 4.01. The normalized spacial score (nSPS) is 17.1. The Morgan fingerprint density at radius 3 is 3.05 bits per heavy atom. The van der Waals surface area contributed by atoms with Crippen molar-refractivity contribution in [2.45, 2.75) is 19.4 Å². The second-order valence-corrected chi connectivity index (χ2v) is 5.50. The van der Waals surface area contributed by atoms with Crippen molar-refractivity contribution in [1.82, 2.24) is 20.2 Å². The fraction of sp³-hybridized carbons (Fsp3) is 0.533. The minimum atomic E-state index is 0.833. The number of imidazole rings is 1. The van der Waals surface area contributed by atoms with Gasteiger partial charge in [0, 0.05) is 13.6 Å². The van der Waals surface area contributed by atoms with E-state index in [1.165, 1.54) is 37.0 Å². The summed E-state index contributed by atoms with van der Waals surface area (Å²) in [5.41, 5.74) is 3.60. The number of benzene rings is 1. The van der Waals surface area contributed by atoms with E-state index in [4.69, 9.17) is 0 Å². The summed E-state index contributed by atoms with van der Waals surface area (Å²) in [6.45, 7) is 4.41. The van der Waals surface area contributed by atoms with Crippen molar-refractivity contribution >= 4 is 11.0 Å². The Kier molecular flexibility index (Phi) is 3.80. The van der Waals surface area contributed by atoms with Gasteiger partial charge in [-0.2, -0.15) is 0 Å². The first kappa shape index (κ1) is 12.6. The van der Waals surface area contributed by atoms with E-state index in [0.29, 0.717) is 0 Å². The van der Waals surface area contributed by atoms with Gasteiger partial charge in [0.2, 0.25) is 0 Å². The van der Waals surface area contributed by atoms with Gasteiger partial charge < -0.3 is 15.2 Å². The van der Waals surface area contributed by atoms with E-state index in [0.717, 1.165) is 24.5 Å². The average molecular weight is 258 g/mol. The van der Waals surface area contributed by atoms with Gasteiger partial charge in [-0.3, -0.25) is 0 Å². The number of rotatable bonds is 4. The first-order valence-electron chi connectivity index (χ1n) is 7.14. The van der Waals surface area contributed by atoms with E-state index in [-0.39, 0.29) is 0 Å². The molecule has 1 aromatic carbocycles. The summed E-state index contributed by atoms with van der Waals surface area (Å²) in [5.74, 6) is 0.833. The Morgan fingerprint density at radius 2 is 2.21 bits per heavy atom.